The Labute approximate surface area is 199 Å². The number of aromatic nitrogens is 1. The molecule has 3 aromatic rings. The fourth-order valence-electron chi connectivity index (χ4n) is 3.56. The highest BCUT2D eigenvalue weighted by atomic mass is 35.5. The van der Waals surface area contributed by atoms with E-state index in [1.807, 2.05) is 35.7 Å². The highest BCUT2D eigenvalue weighted by Gasteiger charge is 2.39. The molecule has 0 bridgehead atoms. The Bertz CT molecular complexity index is 1150. The van der Waals surface area contributed by atoms with Crippen molar-refractivity contribution >= 4 is 45.7 Å². The Morgan fingerprint density at radius 2 is 1.91 bits per heavy atom. The second kappa shape index (κ2) is 10.2. The average molecular weight is 487 g/mol. The number of hydrogen-bond acceptors (Lipinski definition) is 6. The molecule has 2 unspecified atom stereocenters. The minimum atomic E-state index is -1.10. The molecule has 9 heteroatoms. The van der Waals surface area contributed by atoms with Crippen LogP contribution in [0, 0.1) is 11.7 Å². The van der Waals surface area contributed by atoms with Crippen LogP contribution in [-0.2, 0) is 14.3 Å². The minimum absolute atomic E-state index is 0.0303. The van der Waals surface area contributed by atoms with Gasteiger partial charge in [-0.1, -0.05) is 30.3 Å². The third-order valence-electron chi connectivity index (χ3n) is 5.30. The molecule has 0 saturated carbocycles. The van der Waals surface area contributed by atoms with Crippen LogP contribution in [0.2, 0.25) is 0 Å². The maximum absolute atomic E-state index is 13.2. The Morgan fingerprint density at radius 1 is 1.18 bits per heavy atom. The summed E-state index contributed by atoms with van der Waals surface area (Å²) in [6, 6.07) is 14.6. The molecule has 170 valence electrons. The number of amides is 1. The van der Waals surface area contributed by atoms with Crippen molar-refractivity contribution in [2.45, 2.75) is 18.9 Å². The fraction of sp³-hybridized carbons (Fsp3) is 0.250. The SMILES string of the molecule is O=C(OC(CCCl)C(=O)c1ccc(F)cc1)C1CC(=O)N(c2nc(-c3ccccc3)cs2)C1. The lowest BCUT2D eigenvalue weighted by molar-refractivity contribution is -0.151. The fourth-order valence-corrected chi connectivity index (χ4v) is 4.62. The number of ether oxygens (including phenoxy) is 1. The molecule has 1 saturated heterocycles. The van der Waals surface area contributed by atoms with E-state index in [0.717, 1.165) is 23.4 Å². The Morgan fingerprint density at radius 3 is 2.61 bits per heavy atom. The second-order valence-corrected chi connectivity index (χ2v) is 8.78. The van der Waals surface area contributed by atoms with Gasteiger partial charge in [-0.3, -0.25) is 19.3 Å². The van der Waals surface area contributed by atoms with E-state index in [-0.39, 0.29) is 36.7 Å². The lowest BCUT2D eigenvalue weighted by Gasteiger charge is -2.18. The number of anilines is 1. The number of alkyl halides is 1. The first-order valence-corrected chi connectivity index (χ1v) is 11.7. The highest BCUT2D eigenvalue weighted by Crippen LogP contribution is 2.32. The number of Topliss-reactive ketones (excluding diaryl/α,β-unsaturated/α-hetero) is 1. The van der Waals surface area contributed by atoms with Gasteiger partial charge < -0.3 is 4.74 Å². The molecule has 33 heavy (non-hydrogen) atoms. The van der Waals surface area contributed by atoms with Gasteiger partial charge in [0.15, 0.2) is 11.2 Å². The number of esters is 1. The first kappa shape index (κ1) is 23.1. The number of halogens is 2. The van der Waals surface area contributed by atoms with E-state index in [1.54, 1.807) is 0 Å². The molecule has 4 rings (SSSR count). The minimum Gasteiger partial charge on any atom is -0.454 e. The zero-order chi connectivity index (χ0) is 23.4. The summed E-state index contributed by atoms with van der Waals surface area (Å²) in [6.07, 6.45) is -1.02. The number of nitrogens with zero attached hydrogens (tertiary/aromatic N) is 2. The van der Waals surface area contributed by atoms with E-state index < -0.39 is 29.6 Å². The molecule has 1 aromatic heterocycles. The molecule has 6 nitrogen and oxygen atoms in total. The summed E-state index contributed by atoms with van der Waals surface area (Å²) < 4.78 is 18.6. The average Bonchev–Trinajstić information content (AvgIpc) is 3.46. The van der Waals surface area contributed by atoms with Crippen LogP contribution in [0.25, 0.3) is 11.3 Å². The van der Waals surface area contributed by atoms with Crippen LogP contribution in [0.5, 0.6) is 0 Å². The molecular weight excluding hydrogens is 467 g/mol. The quantitative estimate of drug-likeness (QED) is 0.261. The number of rotatable bonds is 8. The van der Waals surface area contributed by atoms with Gasteiger partial charge in [-0.2, -0.15) is 0 Å². The standard InChI is InChI=1S/C24H20ClFN2O4S/c25-11-10-20(22(30)16-6-8-18(26)9-7-16)32-23(31)17-12-21(29)28(13-17)24-27-19(14-33-24)15-4-2-1-3-5-15/h1-9,14,17,20H,10-13H2. The van der Waals surface area contributed by atoms with Gasteiger partial charge in [0.1, 0.15) is 5.82 Å². The summed E-state index contributed by atoms with van der Waals surface area (Å²) in [7, 11) is 0. The van der Waals surface area contributed by atoms with Gasteiger partial charge in [0, 0.05) is 41.8 Å². The van der Waals surface area contributed by atoms with Gasteiger partial charge in [0.25, 0.3) is 0 Å². The Kier molecular flexibility index (Phi) is 7.15. The predicted molar refractivity (Wildman–Crippen MR) is 124 cm³/mol. The van der Waals surface area contributed by atoms with Crippen LogP contribution < -0.4 is 4.90 Å². The van der Waals surface area contributed by atoms with Gasteiger partial charge in [-0.05, 0) is 24.3 Å². The predicted octanol–water partition coefficient (Wildman–Crippen LogP) is 4.73. The highest BCUT2D eigenvalue weighted by molar-refractivity contribution is 7.14. The van der Waals surface area contributed by atoms with E-state index in [0.29, 0.717) is 5.13 Å². The Balaban J connectivity index is 1.43. The van der Waals surface area contributed by atoms with E-state index in [4.69, 9.17) is 16.3 Å². The molecule has 2 aromatic carbocycles. The first-order valence-electron chi connectivity index (χ1n) is 10.3. The molecular formula is C24H20ClFN2O4S. The van der Waals surface area contributed by atoms with Gasteiger partial charge in [0.05, 0.1) is 11.6 Å². The van der Waals surface area contributed by atoms with Crippen molar-refractivity contribution in [3.63, 3.8) is 0 Å². The van der Waals surface area contributed by atoms with Crippen molar-refractivity contribution in [3.05, 3.63) is 71.4 Å². The van der Waals surface area contributed by atoms with Gasteiger partial charge in [0.2, 0.25) is 11.7 Å². The third-order valence-corrected chi connectivity index (χ3v) is 6.38. The second-order valence-electron chi connectivity index (χ2n) is 7.56. The molecule has 0 spiro atoms. The summed E-state index contributed by atoms with van der Waals surface area (Å²) >= 11 is 7.13. The van der Waals surface area contributed by atoms with Crippen LogP contribution in [0.15, 0.2) is 60.0 Å². The monoisotopic (exact) mass is 486 g/mol. The number of benzene rings is 2. The summed E-state index contributed by atoms with van der Waals surface area (Å²) in [6.45, 7) is 0.123. The normalized spacial score (nSPS) is 16.6. The van der Waals surface area contributed by atoms with Crippen LogP contribution in [-0.4, -0.2) is 41.2 Å². The van der Waals surface area contributed by atoms with Gasteiger partial charge in [-0.15, -0.1) is 22.9 Å². The smallest absolute Gasteiger partial charge is 0.312 e. The lowest BCUT2D eigenvalue weighted by atomic mass is 10.0. The van der Waals surface area contributed by atoms with Crippen molar-refractivity contribution in [1.29, 1.82) is 0 Å². The molecule has 1 aliphatic heterocycles. The number of ketones is 1. The van der Waals surface area contributed by atoms with Crippen molar-refractivity contribution in [2.75, 3.05) is 17.3 Å². The maximum atomic E-state index is 13.2. The van der Waals surface area contributed by atoms with E-state index >= 15 is 0 Å². The largest absolute Gasteiger partial charge is 0.454 e. The zero-order valence-corrected chi connectivity index (χ0v) is 19.0. The van der Waals surface area contributed by atoms with Gasteiger partial charge >= 0.3 is 5.97 Å². The molecule has 0 aliphatic carbocycles. The maximum Gasteiger partial charge on any atom is 0.312 e. The summed E-state index contributed by atoms with van der Waals surface area (Å²) in [5, 5.41) is 2.37. The first-order chi connectivity index (χ1) is 16.0. The molecule has 1 aliphatic rings. The molecule has 2 heterocycles. The number of hydrogen-bond donors (Lipinski definition) is 0. The summed E-state index contributed by atoms with van der Waals surface area (Å²) in [4.78, 5) is 44.1. The molecule has 2 atom stereocenters. The lowest BCUT2D eigenvalue weighted by Crippen LogP contribution is -2.32. The molecule has 1 fully saturated rings. The van der Waals surface area contributed by atoms with E-state index in [2.05, 4.69) is 4.98 Å². The topological polar surface area (TPSA) is 76.6 Å². The summed E-state index contributed by atoms with van der Waals surface area (Å²) in [5.41, 5.74) is 1.91. The van der Waals surface area contributed by atoms with E-state index in [1.165, 1.54) is 28.4 Å². The van der Waals surface area contributed by atoms with Gasteiger partial charge in [-0.25, -0.2) is 9.37 Å². The molecule has 0 N–H and O–H groups in total. The molecule has 1 amide bonds. The van der Waals surface area contributed by atoms with Crippen molar-refractivity contribution in [2.24, 2.45) is 5.92 Å². The Hall–Kier alpha value is -3.10. The number of carbonyl (C=O) groups excluding carboxylic acids is 3. The van der Waals surface area contributed by atoms with Crippen molar-refractivity contribution in [1.82, 2.24) is 4.98 Å². The third kappa shape index (κ3) is 5.29. The van der Waals surface area contributed by atoms with Crippen molar-refractivity contribution in [3.8, 4) is 11.3 Å². The molecule has 0 radical (unpaired) electrons. The summed E-state index contributed by atoms with van der Waals surface area (Å²) in [5.74, 6) is -2.43. The number of thiazole rings is 1. The number of carbonyl (C=O) groups is 3. The zero-order valence-electron chi connectivity index (χ0n) is 17.4. The van der Waals surface area contributed by atoms with E-state index in [9.17, 15) is 18.8 Å². The van der Waals surface area contributed by atoms with Crippen LogP contribution >= 0.6 is 22.9 Å². The van der Waals surface area contributed by atoms with Crippen molar-refractivity contribution < 1.29 is 23.5 Å². The van der Waals surface area contributed by atoms with Crippen LogP contribution in [0.3, 0.4) is 0 Å². The van der Waals surface area contributed by atoms with Crippen LogP contribution in [0.1, 0.15) is 23.2 Å². The van der Waals surface area contributed by atoms with Crippen LogP contribution in [0.4, 0.5) is 9.52 Å².